The highest BCUT2D eigenvalue weighted by molar-refractivity contribution is 5.97. The second kappa shape index (κ2) is 4.23. The minimum atomic E-state index is -0.0622. The fraction of sp³-hybridized carbons (Fsp3) is 0.118. The van der Waals surface area contributed by atoms with Gasteiger partial charge in [-0.25, -0.2) is 0 Å². The van der Waals surface area contributed by atoms with Gasteiger partial charge in [0.05, 0.1) is 11.1 Å². The van der Waals surface area contributed by atoms with Crippen LogP contribution in [0.1, 0.15) is 5.69 Å². The smallest absolute Gasteiger partial charge is 0.291 e. The van der Waals surface area contributed by atoms with Gasteiger partial charge in [0.15, 0.2) is 0 Å². The van der Waals surface area contributed by atoms with E-state index in [1.807, 2.05) is 42.5 Å². The SMILES string of the molecule is O=c1c2ccccc2c(-c2ccccc2)c2n1OCC2. The molecule has 0 spiro atoms. The molecule has 1 aliphatic heterocycles. The van der Waals surface area contributed by atoms with Gasteiger partial charge in [0.1, 0.15) is 6.61 Å². The molecule has 3 nitrogen and oxygen atoms in total. The van der Waals surface area contributed by atoms with Crippen molar-refractivity contribution in [2.75, 3.05) is 6.61 Å². The molecular weight excluding hydrogens is 250 g/mol. The summed E-state index contributed by atoms with van der Waals surface area (Å²) in [5, 5.41) is 1.71. The highest BCUT2D eigenvalue weighted by Gasteiger charge is 2.22. The van der Waals surface area contributed by atoms with Crippen LogP contribution in [-0.2, 0) is 6.42 Å². The number of hydrogen-bond donors (Lipinski definition) is 0. The lowest BCUT2D eigenvalue weighted by Crippen LogP contribution is -2.24. The van der Waals surface area contributed by atoms with E-state index in [4.69, 9.17) is 4.84 Å². The van der Waals surface area contributed by atoms with Crippen LogP contribution in [0.2, 0.25) is 0 Å². The van der Waals surface area contributed by atoms with Gasteiger partial charge < -0.3 is 4.84 Å². The van der Waals surface area contributed by atoms with E-state index in [-0.39, 0.29) is 5.56 Å². The van der Waals surface area contributed by atoms with E-state index in [1.165, 1.54) is 4.73 Å². The minimum absolute atomic E-state index is 0.0622. The van der Waals surface area contributed by atoms with Gasteiger partial charge in [0.25, 0.3) is 5.56 Å². The molecule has 0 aliphatic carbocycles. The standard InChI is InChI=1S/C17H13NO2/c19-17-14-9-5-4-8-13(14)16(12-6-2-1-3-7-12)15-10-11-20-18(15)17/h1-9H,10-11H2. The first-order valence-corrected chi connectivity index (χ1v) is 6.71. The van der Waals surface area contributed by atoms with Crippen molar-refractivity contribution >= 4 is 10.8 Å². The summed E-state index contributed by atoms with van der Waals surface area (Å²) in [6.07, 6.45) is 0.768. The molecule has 3 heteroatoms. The Morgan fingerprint density at radius 2 is 1.60 bits per heavy atom. The van der Waals surface area contributed by atoms with Gasteiger partial charge >= 0.3 is 0 Å². The summed E-state index contributed by atoms with van der Waals surface area (Å²) in [6.45, 7) is 0.561. The summed E-state index contributed by atoms with van der Waals surface area (Å²) in [7, 11) is 0. The zero-order valence-electron chi connectivity index (χ0n) is 10.9. The van der Waals surface area contributed by atoms with Crippen molar-refractivity contribution in [3.63, 3.8) is 0 Å². The Bertz CT molecular complexity index is 850. The van der Waals surface area contributed by atoms with Crippen LogP contribution in [0.4, 0.5) is 0 Å². The third kappa shape index (κ3) is 1.50. The van der Waals surface area contributed by atoms with Gasteiger partial charge in [-0.3, -0.25) is 4.79 Å². The predicted octanol–water partition coefficient (Wildman–Crippen LogP) is 2.65. The van der Waals surface area contributed by atoms with Crippen molar-refractivity contribution in [3.05, 3.63) is 70.6 Å². The average Bonchev–Trinajstić information content (AvgIpc) is 2.98. The van der Waals surface area contributed by atoms with E-state index in [2.05, 4.69) is 12.1 Å². The molecule has 20 heavy (non-hydrogen) atoms. The Hall–Kier alpha value is -2.55. The number of nitrogens with zero attached hydrogens (tertiary/aromatic N) is 1. The summed E-state index contributed by atoms with van der Waals surface area (Å²) in [6, 6.07) is 17.9. The lowest BCUT2D eigenvalue weighted by Gasteiger charge is -2.12. The second-order valence-electron chi connectivity index (χ2n) is 4.92. The van der Waals surface area contributed by atoms with Gasteiger partial charge in [0.2, 0.25) is 0 Å². The maximum atomic E-state index is 12.4. The fourth-order valence-corrected chi connectivity index (χ4v) is 2.90. The summed E-state index contributed by atoms with van der Waals surface area (Å²) in [5.41, 5.74) is 3.14. The Kier molecular flexibility index (Phi) is 2.39. The van der Waals surface area contributed by atoms with Crippen molar-refractivity contribution in [2.45, 2.75) is 6.42 Å². The molecule has 0 amide bonds. The average molecular weight is 263 g/mol. The molecule has 0 bridgehead atoms. The summed E-state index contributed by atoms with van der Waals surface area (Å²) >= 11 is 0. The van der Waals surface area contributed by atoms with E-state index in [9.17, 15) is 4.79 Å². The van der Waals surface area contributed by atoms with Gasteiger partial charge in [-0.1, -0.05) is 48.5 Å². The molecular formula is C17H13NO2. The minimum Gasteiger partial charge on any atom is -0.410 e. The van der Waals surface area contributed by atoms with Crippen LogP contribution in [0.25, 0.3) is 21.9 Å². The first kappa shape index (κ1) is 11.3. The van der Waals surface area contributed by atoms with Gasteiger partial charge in [-0.05, 0) is 17.0 Å². The highest BCUT2D eigenvalue weighted by Crippen LogP contribution is 2.31. The molecule has 0 saturated carbocycles. The van der Waals surface area contributed by atoms with Crippen LogP contribution in [0.3, 0.4) is 0 Å². The molecule has 4 rings (SSSR count). The molecule has 0 saturated heterocycles. The lowest BCUT2D eigenvalue weighted by molar-refractivity contribution is 0.143. The maximum Gasteiger partial charge on any atom is 0.291 e. The predicted molar refractivity (Wildman–Crippen MR) is 78.8 cm³/mol. The summed E-state index contributed by atoms with van der Waals surface area (Å²) in [4.78, 5) is 17.9. The van der Waals surface area contributed by atoms with Crippen molar-refractivity contribution in [3.8, 4) is 11.1 Å². The van der Waals surface area contributed by atoms with E-state index in [0.717, 1.165) is 28.6 Å². The van der Waals surface area contributed by atoms with Crippen LogP contribution in [0.15, 0.2) is 59.4 Å². The van der Waals surface area contributed by atoms with Crippen molar-refractivity contribution < 1.29 is 4.84 Å². The van der Waals surface area contributed by atoms with Crippen molar-refractivity contribution in [1.29, 1.82) is 0 Å². The summed E-state index contributed by atoms with van der Waals surface area (Å²) in [5.74, 6) is 0. The third-order valence-electron chi connectivity index (χ3n) is 3.77. The number of pyridine rings is 1. The molecule has 0 unspecified atom stereocenters. The number of aromatic nitrogens is 1. The summed E-state index contributed by atoms with van der Waals surface area (Å²) < 4.78 is 1.46. The Labute approximate surface area is 116 Å². The van der Waals surface area contributed by atoms with Crippen LogP contribution in [0.5, 0.6) is 0 Å². The van der Waals surface area contributed by atoms with E-state index in [0.29, 0.717) is 12.0 Å². The molecule has 1 aliphatic rings. The normalized spacial score (nSPS) is 13.2. The van der Waals surface area contributed by atoms with Crippen LogP contribution < -0.4 is 10.4 Å². The Morgan fingerprint density at radius 3 is 2.40 bits per heavy atom. The third-order valence-corrected chi connectivity index (χ3v) is 3.77. The highest BCUT2D eigenvalue weighted by atomic mass is 16.7. The number of benzene rings is 2. The fourth-order valence-electron chi connectivity index (χ4n) is 2.90. The van der Waals surface area contributed by atoms with Crippen LogP contribution in [-0.4, -0.2) is 11.3 Å². The molecule has 98 valence electrons. The molecule has 0 atom stereocenters. The zero-order valence-corrected chi connectivity index (χ0v) is 10.9. The number of hydrogen-bond acceptors (Lipinski definition) is 2. The van der Waals surface area contributed by atoms with Crippen LogP contribution in [0, 0.1) is 0 Å². The number of rotatable bonds is 1. The second-order valence-corrected chi connectivity index (χ2v) is 4.92. The molecule has 1 aromatic heterocycles. The van der Waals surface area contributed by atoms with Crippen molar-refractivity contribution in [2.24, 2.45) is 0 Å². The first-order valence-electron chi connectivity index (χ1n) is 6.71. The molecule has 0 N–H and O–H groups in total. The monoisotopic (exact) mass is 263 g/mol. The Morgan fingerprint density at radius 1 is 0.900 bits per heavy atom. The quantitative estimate of drug-likeness (QED) is 0.676. The van der Waals surface area contributed by atoms with Gasteiger partial charge in [-0.15, -0.1) is 4.73 Å². The molecule has 0 fully saturated rings. The van der Waals surface area contributed by atoms with Crippen LogP contribution >= 0.6 is 0 Å². The largest absolute Gasteiger partial charge is 0.410 e. The van der Waals surface area contributed by atoms with Gasteiger partial charge in [-0.2, -0.15) is 0 Å². The van der Waals surface area contributed by atoms with E-state index < -0.39 is 0 Å². The van der Waals surface area contributed by atoms with Gasteiger partial charge in [0, 0.05) is 12.0 Å². The number of fused-ring (bicyclic) bond motifs is 2. The molecule has 2 heterocycles. The van der Waals surface area contributed by atoms with Crippen molar-refractivity contribution in [1.82, 2.24) is 4.73 Å². The molecule has 2 aromatic carbocycles. The lowest BCUT2D eigenvalue weighted by atomic mass is 9.96. The first-order chi connectivity index (χ1) is 9.86. The topological polar surface area (TPSA) is 31.2 Å². The van der Waals surface area contributed by atoms with E-state index >= 15 is 0 Å². The van der Waals surface area contributed by atoms with E-state index in [1.54, 1.807) is 0 Å². The zero-order chi connectivity index (χ0) is 13.5. The maximum absolute atomic E-state index is 12.4. The molecule has 0 radical (unpaired) electrons. The Balaban J connectivity index is 2.20. The molecule has 3 aromatic rings.